The molecule has 114 valence electrons. The molecule has 3 amide bonds. The van der Waals surface area contributed by atoms with Crippen molar-refractivity contribution in [3.63, 3.8) is 0 Å². The number of nitrogens with one attached hydrogen (secondary N) is 2. The van der Waals surface area contributed by atoms with E-state index in [9.17, 15) is 14.4 Å². The van der Waals surface area contributed by atoms with Gasteiger partial charge in [0.05, 0.1) is 19.6 Å². The average Bonchev–Trinajstić information content (AvgIpc) is 2.37. The second kappa shape index (κ2) is 7.68. The van der Waals surface area contributed by atoms with Gasteiger partial charge in [-0.25, -0.2) is 4.79 Å². The largest absolute Gasteiger partial charge is 0.481 e. The maximum atomic E-state index is 12.1. The highest BCUT2D eigenvalue weighted by Gasteiger charge is 2.33. The maximum Gasteiger partial charge on any atom is 0.318 e. The third-order valence-electron chi connectivity index (χ3n) is 2.89. The van der Waals surface area contributed by atoms with Crippen molar-refractivity contribution in [2.24, 2.45) is 0 Å². The predicted molar refractivity (Wildman–Crippen MR) is 70.2 cm³/mol. The summed E-state index contributed by atoms with van der Waals surface area (Å²) in [6, 6.07) is -1.63. The molecule has 1 rings (SSSR count). The molecule has 1 fully saturated rings. The number of carboxylic acid groups (broad SMARTS) is 1. The van der Waals surface area contributed by atoms with Crippen LogP contribution in [-0.4, -0.2) is 66.3 Å². The number of nitrogens with zero attached hydrogens (tertiary/aromatic N) is 1. The molecule has 8 nitrogen and oxygen atoms in total. The van der Waals surface area contributed by atoms with Crippen LogP contribution >= 0.6 is 0 Å². The molecule has 1 aliphatic rings. The van der Waals surface area contributed by atoms with E-state index in [0.29, 0.717) is 19.7 Å². The smallest absolute Gasteiger partial charge is 0.318 e. The minimum atomic E-state index is -0.986. The number of urea groups is 1. The highest BCUT2D eigenvalue weighted by atomic mass is 16.5. The molecule has 0 aromatic carbocycles. The molecule has 1 heterocycles. The fourth-order valence-electron chi connectivity index (χ4n) is 1.96. The molecule has 1 aliphatic heterocycles. The van der Waals surface area contributed by atoms with Crippen molar-refractivity contribution in [2.75, 3.05) is 26.3 Å². The van der Waals surface area contributed by atoms with Crippen LogP contribution in [0.3, 0.4) is 0 Å². The van der Waals surface area contributed by atoms with Crippen molar-refractivity contribution in [3.05, 3.63) is 0 Å². The van der Waals surface area contributed by atoms with Crippen molar-refractivity contribution in [2.45, 2.75) is 32.4 Å². The Morgan fingerprint density at radius 2 is 2.15 bits per heavy atom. The maximum absolute atomic E-state index is 12.1. The van der Waals surface area contributed by atoms with Gasteiger partial charge >= 0.3 is 12.0 Å². The normalized spacial score (nSPS) is 20.1. The fourth-order valence-corrected chi connectivity index (χ4v) is 1.96. The lowest BCUT2D eigenvalue weighted by Gasteiger charge is -2.35. The third kappa shape index (κ3) is 4.69. The molecular formula is C12H21N3O5. The summed E-state index contributed by atoms with van der Waals surface area (Å²) in [6.07, 6.45) is -0.165. The monoisotopic (exact) mass is 287 g/mol. The van der Waals surface area contributed by atoms with E-state index in [1.807, 2.05) is 0 Å². The van der Waals surface area contributed by atoms with Gasteiger partial charge in [-0.15, -0.1) is 0 Å². The summed E-state index contributed by atoms with van der Waals surface area (Å²) < 4.78 is 5.22. The van der Waals surface area contributed by atoms with Gasteiger partial charge in [-0.2, -0.15) is 0 Å². The number of carbonyl (C=O) groups is 3. The van der Waals surface area contributed by atoms with E-state index in [1.54, 1.807) is 13.8 Å². The predicted octanol–water partition coefficient (Wildman–Crippen LogP) is -0.604. The van der Waals surface area contributed by atoms with Gasteiger partial charge in [-0.1, -0.05) is 0 Å². The first-order valence-electron chi connectivity index (χ1n) is 6.60. The Bertz CT molecular complexity index is 374. The van der Waals surface area contributed by atoms with Crippen LogP contribution in [0.4, 0.5) is 4.79 Å². The van der Waals surface area contributed by atoms with Gasteiger partial charge in [0.1, 0.15) is 6.04 Å². The first kappa shape index (κ1) is 16.2. The standard InChI is InChI=1S/C12H21N3O5/c1-3-13-11(18)9-7-20-5-4-15(9)12(19)14-8(2)6-10(16)17/h8-9H,3-7H2,1-2H3,(H,13,18)(H,14,19)(H,16,17). The SMILES string of the molecule is CCNC(=O)C1COCCN1C(=O)NC(C)CC(=O)O. The lowest BCUT2D eigenvalue weighted by atomic mass is 10.2. The average molecular weight is 287 g/mol. The molecular weight excluding hydrogens is 266 g/mol. The van der Waals surface area contributed by atoms with Crippen LogP contribution in [0, 0.1) is 0 Å². The number of likely N-dealkylation sites (N-methyl/N-ethyl adjacent to an activating group) is 1. The number of carbonyl (C=O) groups excluding carboxylic acids is 2. The Balaban J connectivity index is 2.62. The Labute approximate surface area is 117 Å². The van der Waals surface area contributed by atoms with E-state index in [1.165, 1.54) is 4.90 Å². The van der Waals surface area contributed by atoms with E-state index < -0.39 is 24.1 Å². The van der Waals surface area contributed by atoms with Crippen LogP contribution in [0.25, 0.3) is 0 Å². The van der Waals surface area contributed by atoms with Gasteiger partial charge in [-0.05, 0) is 13.8 Å². The highest BCUT2D eigenvalue weighted by Crippen LogP contribution is 2.08. The Morgan fingerprint density at radius 1 is 1.45 bits per heavy atom. The number of morpholine rings is 1. The number of rotatable bonds is 5. The zero-order valence-corrected chi connectivity index (χ0v) is 11.7. The van der Waals surface area contributed by atoms with Gasteiger partial charge in [-0.3, -0.25) is 9.59 Å². The molecule has 2 atom stereocenters. The lowest BCUT2D eigenvalue weighted by molar-refractivity contribution is -0.137. The van der Waals surface area contributed by atoms with Crippen LogP contribution < -0.4 is 10.6 Å². The van der Waals surface area contributed by atoms with Gasteiger partial charge in [0.15, 0.2) is 0 Å². The minimum Gasteiger partial charge on any atom is -0.481 e. The molecule has 20 heavy (non-hydrogen) atoms. The molecule has 1 saturated heterocycles. The van der Waals surface area contributed by atoms with Crippen molar-refractivity contribution in [1.29, 1.82) is 0 Å². The number of hydrogen-bond donors (Lipinski definition) is 3. The van der Waals surface area contributed by atoms with Crippen LogP contribution in [0.2, 0.25) is 0 Å². The minimum absolute atomic E-state index is 0.145. The molecule has 0 spiro atoms. The van der Waals surface area contributed by atoms with E-state index in [-0.39, 0.29) is 18.9 Å². The quantitative estimate of drug-likeness (QED) is 0.625. The molecule has 0 aliphatic carbocycles. The van der Waals surface area contributed by atoms with E-state index in [4.69, 9.17) is 9.84 Å². The summed E-state index contributed by atoms with van der Waals surface area (Å²) >= 11 is 0. The van der Waals surface area contributed by atoms with Crippen LogP contribution in [-0.2, 0) is 14.3 Å². The zero-order valence-electron chi connectivity index (χ0n) is 11.7. The van der Waals surface area contributed by atoms with E-state index >= 15 is 0 Å². The summed E-state index contributed by atoms with van der Waals surface area (Å²) in [4.78, 5) is 35.9. The summed E-state index contributed by atoms with van der Waals surface area (Å²) in [5.41, 5.74) is 0. The second-order valence-corrected chi connectivity index (χ2v) is 4.63. The molecule has 0 aromatic heterocycles. The molecule has 3 N–H and O–H groups in total. The van der Waals surface area contributed by atoms with Crippen LogP contribution in [0.1, 0.15) is 20.3 Å². The van der Waals surface area contributed by atoms with Crippen molar-refractivity contribution in [1.82, 2.24) is 15.5 Å². The summed E-state index contributed by atoms with van der Waals surface area (Å²) in [6.45, 7) is 4.67. The molecule has 0 radical (unpaired) electrons. The number of amides is 3. The topological polar surface area (TPSA) is 108 Å². The summed E-state index contributed by atoms with van der Waals surface area (Å²) in [5, 5.41) is 13.9. The van der Waals surface area contributed by atoms with Gasteiger partial charge in [0, 0.05) is 19.1 Å². The Morgan fingerprint density at radius 3 is 2.75 bits per heavy atom. The molecule has 0 aromatic rings. The van der Waals surface area contributed by atoms with Crippen molar-refractivity contribution in [3.8, 4) is 0 Å². The van der Waals surface area contributed by atoms with E-state index in [0.717, 1.165) is 0 Å². The lowest BCUT2D eigenvalue weighted by Crippen LogP contribution is -2.59. The van der Waals surface area contributed by atoms with Crippen LogP contribution in [0.15, 0.2) is 0 Å². The Kier molecular flexibility index (Phi) is 6.23. The van der Waals surface area contributed by atoms with E-state index in [2.05, 4.69) is 10.6 Å². The zero-order chi connectivity index (χ0) is 15.1. The highest BCUT2D eigenvalue weighted by molar-refractivity contribution is 5.87. The first-order chi connectivity index (χ1) is 9.45. The number of carboxylic acids is 1. The molecule has 0 saturated carbocycles. The Hall–Kier alpha value is -1.83. The first-order valence-corrected chi connectivity index (χ1v) is 6.60. The number of aliphatic carboxylic acids is 1. The van der Waals surface area contributed by atoms with Gasteiger partial charge in [0.2, 0.25) is 5.91 Å². The summed E-state index contributed by atoms with van der Waals surface area (Å²) in [5.74, 6) is -1.26. The van der Waals surface area contributed by atoms with Gasteiger partial charge < -0.3 is 25.4 Å². The number of ether oxygens (including phenoxy) is 1. The second-order valence-electron chi connectivity index (χ2n) is 4.63. The third-order valence-corrected chi connectivity index (χ3v) is 2.89. The van der Waals surface area contributed by atoms with Gasteiger partial charge in [0.25, 0.3) is 0 Å². The van der Waals surface area contributed by atoms with Crippen LogP contribution in [0.5, 0.6) is 0 Å². The molecule has 2 unspecified atom stereocenters. The summed E-state index contributed by atoms with van der Waals surface area (Å²) in [7, 11) is 0. The fraction of sp³-hybridized carbons (Fsp3) is 0.750. The van der Waals surface area contributed by atoms with Crippen molar-refractivity contribution < 1.29 is 24.2 Å². The molecule has 0 bridgehead atoms. The molecule has 8 heteroatoms. The number of hydrogen-bond acceptors (Lipinski definition) is 4. The van der Waals surface area contributed by atoms with Crippen molar-refractivity contribution >= 4 is 17.9 Å².